The van der Waals surface area contributed by atoms with Crippen LogP contribution in [0.4, 0.5) is 4.79 Å². The SMILES string of the molecule is CC(CC(=O)N1CCC(O)(Cn2cnc3c(-c4ccc(C5(NC(=O)O)CCC5)cc4)n(C)nc3c2=O)CC1)c1ccccc1. The second-order valence-corrected chi connectivity index (χ2v) is 12.4. The smallest absolute Gasteiger partial charge is 0.405 e. The molecule has 1 aliphatic heterocycles. The van der Waals surface area contributed by atoms with Crippen molar-refractivity contribution in [1.82, 2.24) is 29.5 Å². The number of rotatable bonds is 8. The first-order chi connectivity index (χ1) is 21.1. The van der Waals surface area contributed by atoms with E-state index in [9.17, 15) is 24.6 Å². The maximum Gasteiger partial charge on any atom is 0.405 e. The molecule has 2 fully saturated rings. The molecule has 2 aromatic carbocycles. The van der Waals surface area contributed by atoms with Crippen LogP contribution in [0.2, 0.25) is 0 Å². The van der Waals surface area contributed by atoms with Gasteiger partial charge in [-0.05, 0) is 49.1 Å². The van der Waals surface area contributed by atoms with Gasteiger partial charge in [0.2, 0.25) is 5.91 Å². The minimum Gasteiger partial charge on any atom is -0.465 e. The average Bonchev–Trinajstić information content (AvgIpc) is 3.33. The van der Waals surface area contributed by atoms with Crippen LogP contribution in [0.1, 0.15) is 62.5 Å². The highest BCUT2D eigenvalue weighted by molar-refractivity contribution is 5.89. The Hall–Kier alpha value is -4.51. The summed E-state index contributed by atoms with van der Waals surface area (Å²) in [7, 11) is 1.76. The number of piperidine rings is 1. The number of carbonyl (C=O) groups excluding carboxylic acids is 1. The lowest BCUT2D eigenvalue weighted by atomic mass is 9.72. The van der Waals surface area contributed by atoms with Crippen LogP contribution < -0.4 is 10.9 Å². The van der Waals surface area contributed by atoms with Crippen molar-refractivity contribution in [1.29, 1.82) is 0 Å². The minimum atomic E-state index is -1.14. The Kier molecular flexibility index (Phi) is 7.75. The quantitative estimate of drug-likeness (QED) is 0.278. The maximum absolute atomic E-state index is 13.5. The number of benzene rings is 2. The molecule has 0 radical (unpaired) electrons. The van der Waals surface area contributed by atoms with Gasteiger partial charge >= 0.3 is 6.09 Å². The van der Waals surface area contributed by atoms with Crippen molar-refractivity contribution < 1.29 is 19.8 Å². The van der Waals surface area contributed by atoms with E-state index < -0.39 is 17.2 Å². The van der Waals surface area contributed by atoms with Gasteiger partial charge in [-0.2, -0.15) is 5.10 Å². The van der Waals surface area contributed by atoms with Gasteiger partial charge in [-0.15, -0.1) is 0 Å². The lowest BCUT2D eigenvalue weighted by Gasteiger charge is -2.42. The highest BCUT2D eigenvalue weighted by Gasteiger charge is 2.40. The average molecular weight is 599 g/mol. The number of carboxylic acid groups (broad SMARTS) is 1. The van der Waals surface area contributed by atoms with E-state index >= 15 is 0 Å². The van der Waals surface area contributed by atoms with E-state index in [2.05, 4.69) is 15.4 Å². The van der Waals surface area contributed by atoms with Gasteiger partial charge in [0.1, 0.15) is 5.52 Å². The number of amides is 2. The fourth-order valence-corrected chi connectivity index (χ4v) is 6.64. The number of aryl methyl sites for hydroxylation is 1. The minimum absolute atomic E-state index is 0.0660. The van der Waals surface area contributed by atoms with E-state index in [0.29, 0.717) is 43.6 Å². The van der Waals surface area contributed by atoms with Crippen molar-refractivity contribution in [3.63, 3.8) is 0 Å². The van der Waals surface area contributed by atoms with Crippen LogP contribution in [0, 0.1) is 0 Å². The lowest BCUT2D eigenvalue weighted by molar-refractivity contribution is -0.136. The van der Waals surface area contributed by atoms with Crippen molar-refractivity contribution in [2.45, 2.75) is 69.1 Å². The Bertz CT molecular complexity index is 1730. The normalized spacial score (nSPS) is 18.0. The van der Waals surface area contributed by atoms with Gasteiger partial charge in [-0.3, -0.25) is 18.8 Å². The Balaban J connectivity index is 1.15. The molecule has 44 heavy (non-hydrogen) atoms. The largest absolute Gasteiger partial charge is 0.465 e. The Morgan fingerprint density at radius 2 is 1.68 bits per heavy atom. The fraction of sp³-hybridized carbons (Fsp3) is 0.424. The van der Waals surface area contributed by atoms with E-state index in [0.717, 1.165) is 36.0 Å². The van der Waals surface area contributed by atoms with Crippen LogP contribution >= 0.6 is 0 Å². The molecule has 3 N–H and O–H groups in total. The van der Waals surface area contributed by atoms with Crippen molar-refractivity contribution in [3.05, 3.63) is 82.4 Å². The van der Waals surface area contributed by atoms with Crippen molar-refractivity contribution in [2.24, 2.45) is 7.05 Å². The summed E-state index contributed by atoms with van der Waals surface area (Å²) in [4.78, 5) is 44.2. The molecule has 1 saturated heterocycles. The summed E-state index contributed by atoms with van der Waals surface area (Å²) in [5.74, 6) is 0.175. The topological polar surface area (TPSA) is 143 Å². The number of carbonyl (C=O) groups is 2. The van der Waals surface area contributed by atoms with Gasteiger partial charge < -0.3 is 20.4 Å². The third-order valence-electron chi connectivity index (χ3n) is 9.44. The summed E-state index contributed by atoms with van der Waals surface area (Å²) >= 11 is 0. The van der Waals surface area contributed by atoms with E-state index in [4.69, 9.17) is 0 Å². The first-order valence-corrected chi connectivity index (χ1v) is 15.2. The molecular weight excluding hydrogens is 560 g/mol. The van der Waals surface area contributed by atoms with Gasteiger partial charge in [-0.1, -0.05) is 61.5 Å². The van der Waals surface area contributed by atoms with Crippen LogP contribution in [0.15, 0.2) is 65.7 Å². The summed E-state index contributed by atoms with van der Waals surface area (Å²) in [6, 6.07) is 17.6. The van der Waals surface area contributed by atoms with E-state index in [1.807, 2.05) is 61.5 Å². The number of hydrogen-bond acceptors (Lipinski definition) is 6. The molecule has 0 bridgehead atoms. The van der Waals surface area contributed by atoms with Crippen LogP contribution in [-0.4, -0.2) is 65.1 Å². The standard InChI is InChI=1S/C33H38N6O5/c1-22(23-7-4-3-5-8-23)19-26(40)38-17-15-32(44,16-18-38)20-39-21-34-27-28(30(39)41)36-37(2)29(27)24-9-11-25(12-10-24)33(13-6-14-33)35-31(42)43/h3-5,7-12,21-22,35,44H,6,13-20H2,1-2H3,(H,42,43). The molecule has 11 nitrogen and oxygen atoms in total. The maximum atomic E-state index is 13.5. The predicted octanol–water partition coefficient (Wildman–Crippen LogP) is 3.99. The van der Waals surface area contributed by atoms with Crippen LogP contribution in [0.5, 0.6) is 0 Å². The zero-order valence-electron chi connectivity index (χ0n) is 25.1. The third-order valence-corrected chi connectivity index (χ3v) is 9.44. The summed E-state index contributed by atoms with van der Waals surface area (Å²) in [6.07, 6.45) is 4.02. The molecule has 4 aromatic rings. The summed E-state index contributed by atoms with van der Waals surface area (Å²) in [5.41, 5.74) is 2.16. The number of nitrogens with zero attached hydrogens (tertiary/aromatic N) is 5. The third kappa shape index (κ3) is 5.59. The van der Waals surface area contributed by atoms with Gasteiger partial charge in [0.15, 0.2) is 5.52 Å². The molecule has 6 rings (SSSR count). The molecule has 1 unspecified atom stereocenters. The van der Waals surface area contributed by atoms with Crippen LogP contribution in [-0.2, 0) is 23.9 Å². The number of hydrogen-bond donors (Lipinski definition) is 3. The molecule has 3 heterocycles. The number of aromatic nitrogens is 4. The number of fused-ring (bicyclic) bond motifs is 1. The molecule has 2 amide bonds. The van der Waals surface area contributed by atoms with Gasteiger partial charge in [0.05, 0.1) is 29.7 Å². The molecule has 1 atom stereocenters. The first-order valence-electron chi connectivity index (χ1n) is 15.2. The van der Waals surface area contributed by atoms with E-state index in [-0.39, 0.29) is 29.4 Å². The van der Waals surface area contributed by atoms with Gasteiger partial charge in [-0.25, -0.2) is 9.78 Å². The highest BCUT2D eigenvalue weighted by atomic mass is 16.4. The van der Waals surface area contributed by atoms with E-state index in [1.165, 1.54) is 10.9 Å². The molecule has 1 aliphatic carbocycles. The predicted molar refractivity (Wildman–Crippen MR) is 165 cm³/mol. The zero-order chi connectivity index (χ0) is 31.1. The second-order valence-electron chi connectivity index (χ2n) is 12.4. The summed E-state index contributed by atoms with van der Waals surface area (Å²) in [5, 5.41) is 27.9. The molecule has 230 valence electrons. The Labute approximate surface area is 255 Å². The number of aliphatic hydroxyl groups is 1. The van der Waals surface area contributed by atoms with Crippen molar-refractivity contribution in [3.8, 4) is 11.3 Å². The summed E-state index contributed by atoms with van der Waals surface area (Å²) in [6.45, 7) is 2.96. The summed E-state index contributed by atoms with van der Waals surface area (Å²) < 4.78 is 3.04. The Morgan fingerprint density at radius 3 is 2.30 bits per heavy atom. The molecule has 2 aromatic heterocycles. The van der Waals surface area contributed by atoms with Crippen LogP contribution in [0.25, 0.3) is 22.3 Å². The second kappa shape index (κ2) is 11.5. The molecule has 11 heteroatoms. The van der Waals surface area contributed by atoms with E-state index in [1.54, 1.807) is 16.6 Å². The molecular formula is C33H38N6O5. The number of nitrogens with one attached hydrogen (secondary N) is 1. The fourth-order valence-electron chi connectivity index (χ4n) is 6.64. The van der Waals surface area contributed by atoms with Crippen molar-refractivity contribution >= 4 is 23.0 Å². The molecule has 1 saturated carbocycles. The zero-order valence-corrected chi connectivity index (χ0v) is 25.1. The lowest BCUT2D eigenvalue weighted by Crippen LogP contribution is -2.50. The van der Waals surface area contributed by atoms with Gasteiger partial charge in [0, 0.05) is 32.1 Å². The molecule has 0 spiro atoms. The molecule has 2 aliphatic rings. The highest BCUT2D eigenvalue weighted by Crippen LogP contribution is 2.42. The van der Waals surface area contributed by atoms with Crippen molar-refractivity contribution in [2.75, 3.05) is 13.1 Å². The Morgan fingerprint density at radius 1 is 1.00 bits per heavy atom. The van der Waals surface area contributed by atoms with Gasteiger partial charge in [0.25, 0.3) is 5.56 Å². The van der Waals surface area contributed by atoms with Crippen LogP contribution in [0.3, 0.4) is 0 Å². The number of likely N-dealkylation sites (tertiary alicyclic amines) is 1. The first kappa shape index (κ1) is 29.6. The monoisotopic (exact) mass is 598 g/mol.